The van der Waals surface area contributed by atoms with Crippen molar-refractivity contribution in [2.45, 2.75) is 45.7 Å². The molecule has 0 saturated carbocycles. The molecule has 1 heterocycles. The second-order valence-corrected chi connectivity index (χ2v) is 9.36. The average Bonchev–Trinajstić information content (AvgIpc) is 3.20. The largest absolute Gasteiger partial charge is 0.439 e. The summed E-state index contributed by atoms with van der Waals surface area (Å²) in [6, 6.07) is 4.80. The maximum Gasteiger partial charge on any atom is 0.439 e. The minimum absolute atomic E-state index is 0.186. The zero-order chi connectivity index (χ0) is 23.9. The first-order chi connectivity index (χ1) is 15.0. The number of hydrogen-bond acceptors (Lipinski definition) is 8. The SMILES string of the molecule is CCc1csc([C@H](Cc2ccc(NS(=O)(=O)O)cc2)NC(=O)[C@@H](NC(=O)OO)C(C)C)n1. The first-order valence-corrected chi connectivity index (χ1v) is 12.0. The molecular weight excluding hydrogens is 460 g/mol. The fourth-order valence-electron chi connectivity index (χ4n) is 2.89. The molecule has 32 heavy (non-hydrogen) atoms. The molecule has 5 N–H and O–H groups in total. The normalized spacial score (nSPS) is 13.3. The van der Waals surface area contributed by atoms with Crippen LogP contribution in [-0.2, 0) is 32.8 Å². The van der Waals surface area contributed by atoms with E-state index in [2.05, 4.69) is 20.5 Å². The van der Waals surface area contributed by atoms with Crippen LogP contribution in [0.15, 0.2) is 29.6 Å². The Labute approximate surface area is 190 Å². The highest BCUT2D eigenvalue weighted by atomic mass is 32.2. The molecule has 13 heteroatoms. The standard InChI is InChI=1S/C19H26N4O7S2/c1-4-13-10-31-18(20-13)15(21-17(24)16(11(2)3)22-19(25)30-26)9-12-5-7-14(8-6-12)23-32(27,28)29/h5-8,10-11,15-16,23,26H,4,9H2,1-3H3,(H,21,24)(H,22,25)(H,27,28,29)/t15-,16-/m0/s1. The smallest absolute Gasteiger partial charge is 0.345 e. The maximum absolute atomic E-state index is 12.9. The number of thiazole rings is 1. The van der Waals surface area contributed by atoms with E-state index in [9.17, 15) is 18.0 Å². The van der Waals surface area contributed by atoms with E-state index >= 15 is 0 Å². The third-order valence-corrected chi connectivity index (χ3v) is 5.99. The summed E-state index contributed by atoms with van der Waals surface area (Å²) in [5, 5.41) is 16.3. The number of rotatable bonds is 10. The van der Waals surface area contributed by atoms with Gasteiger partial charge in [0.25, 0.3) is 0 Å². The van der Waals surface area contributed by atoms with E-state index in [0.717, 1.165) is 17.7 Å². The third-order valence-electron chi connectivity index (χ3n) is 4.49. The Kier molecular flexibility index (Phi) is 8.95. The van der Waals surface area contributed by atoms with E-state index < -0.39 is 34.4 Å². The maximum atomic E-state index is 12.9. The number of benzene rings is 1. The monoisotopic (exact) mass is 486 g/mol. The highest BCUT2D eigenvalue weighted by Crippen LogP contribution is 2.24. The van der Waals surface area contributed by atoms with Gasteiger partial charge in [0.05, 0.1) is 17.4 Å². The Bertz CT molecular complexity index is 1020. The van der Waals surface area contributed by atoms with Gasteiger partial charge in [-0.25, -0.2) is 9.78 Å². The van der Waals surface area contributed by atoms with E-state index in [1.807, 2.05) is 17.0 Å². The van der Waals surface area contributed by atoms with Crippen molar-refractivity contribution < 1.29 is 32.7 Å². The lowest BCUT2D eigenvalue weighted by atomic mass is 10.0. The molecule has 11 nitrogen and oxygen atoms in total. The molecule has 1 aromatic heterocycles. The molecule has 2 amide bonds. The lowest BCUT2D eigenvalue weighted by Crippen LogP contribution is -2.50. The van der Waals surface area contributed by atoms with Crippen molar-refractivity contribution in [2.24, 2.45) is 5.92 Å². The molecule has 2 rings (SSSR count). The lowest BCUT2D eigenvalue weighted by molar-refractivity contribution is -0.179. The Hall–Kier alpha value is -2.74. The molecule has 0 bridgehead atoms. The van der Waals surface area contributed by atoms with Crippen molar-refractivity contribution in [3.05, 3.63) is 45.9 Å². The first kappa shape index (κ1) is 25.5. The fraction of sp³-hybridized carbons (Fsp3) is 0.421. The first-order valence-electron chi connectivity index (χ1n) is 9.73. The van der Waals surface area contributed by atoms with Gasteiger partial charge in [-0.2, -0.15) is 13.7 Å². The molecule has 0 fully saturated rings. The average molecular weight is 487 g/mol. The van der Waals surface area contributed by atoms with Gasteiger partial charge < -0.3 is 10.6 Å². The minimum Gasteiger partial charge on any atom is -0.345 e. The van der Waals surface area contributed by atoms with Crippen molar-refractivity contribution in [1.29, 1.82) is 0 Å². The molecule has 0 unspecified atom stereocenters. The Morgan fingerprint density at radius 1 is 1.19 bits per heavy atom. The van der Waals surface area contributed by atoms with E-state index in [1.165, 1.54) is 23.5 Å². The number of aryl methyl sites for hydroxylation is 1. The van der Waals surface area contributed by atoms with E-state index in [0.29, 0.717) is 11.4 Å². The van der Waals surface area contributed by atoms with Gasteiger partial charge in [-0.1, -0.05) is 32.9 Å². The quantitative estimate of drug-likeness (QED) is 0.194. The van der Waals surface area contributed by atoms with Crippen LogP contribution in [0.3, 0.4) is 0 Å². The topological polar surface area (TPSA) is 167 Å². The highest BCUT2D eigenvalue weighted by Gasteiger charge is 2.28. The van der Waals surface area contributed by atoms with Gasteiger partial charge in [-0.05, 0) is 36.5 Å². The molecule has 2 atom stereocenters. The second-order valence-electron chi connectivity index (χ2n) is 7.31. The van der Waals surface area contributed by atoms with Gasteiger partial charge in [0.2, 0.25) is 5.91 Å². The van der Waals surface area contributed by atoms with E-state index in [1.54, 1.807) is 26.0 Å². The van der Waals surface area contributed by atoms with Crippen LogP contribution in [0.2, 0.25) is 0 Å². The second kappa shape index (κ2) is 11.2. The Balaban J connectivity index is 2.24. The van der Waals surface area contributed by atoms with Crippen LogP contribution in [0.25, 0.3) is 0 Å². The van der Waals surface area contributed by atoms with Gasteiger partial charge in [-0.3, -0.25) is 19.0 Å². The zero-order valence-corrected chi connectivity index (χ0v) is 19.4. The van der Waals surface area contributed by atoms with Crippen LogP contribution in [0.1, 0.15) is 43.1 Å². The number of carbonyl (C=O) groups excluding carboxylic acids is 2. The number of nitrogens with one attached hydrogen (secondary N) is 3. The molecule has 0 radical (unpaired) electrons. The number of carbonyl (C=O) groups is 2. The zero-order valence-electron chi connectivity index (χ0n) is 17.7. The summed E-state index contributed by atoms with van der Waals surface area (Å²) in [4.78, 5) is 32.5. The molecule has 2 aromatic rings. The van der Waals surface area contributed by atoms with Crippen LogP contribution < -0.4 is 15.4 Å². The molecule has 0 aliphatic rings. The summed E-state index contributed by atoms with van der Waals surface area (Å²) in [6.07, 6.45) is -0.0740. The molecule has 1 aromatic carbocycles. The van der Waals surface area contributed by atoms with Crippen LogP contribution in [-0.4, -0.2) is 41.3 Å². The number of hydrogen-bond donors (Lipinski definition) is 5. The molecule has 0 saturated heterocycles. The number of nitrogens with zero attached hydrogens (tertiary/aromatic N) is 1. The van der Waals surface area contributed by atoms with Crippen molar-refractivity contribution in [2.75, 3.05) is 4.72 Å². The van der Waals surface area contributed by atoms with Gasteiger partial charge in [-0.15, -0.1) is 11.3 Å². The lowest BCUT2D eigenvalue weighted by Gasteiger charge is -2.24. The Morgan fingerprint density at radius 2 is 1.84 bits per heavy atom. The van der Waals surface area contributed by atoms with Gasteiger partial charge in [0.15, 0.2) is 0 Å². The van der Waals surface area contributed by atoms with Gasteiger partial charge in [0.1, 0.15) is 11.0 Å². The van der Waals surface area contributed by atoms with Crippen molar-refractivity contribution in [1.82, 2.24) is 15.6 Å². The molecule has 176 valence electrons. The van der Waals surface area contributed by atoms with Crippen LogP contribution in [0.5, 0.6) is 0 Å². The Morgan fingerprint density at radius 3 is 2.34 bits per heavy atom. The molecule has 0 aliphatic carbocycles. The summed E-state index contributed by atoms with van der Waals surface area (Å²) in [6.45, 7) is 5.43. The third kappa shape index (κ3) is 7.75. The summed E-state index contributed by atoms with van der Waals surface area (Å²) in [5.41, 5.74) is 1.83. The van der Waals surface area contributed by atoms with Crippen molar-refractivity contribution >= 4 is 39.3 Å². The predicted octanol–water partition coefficient (Wildman–Crippen LogP) is 2.54. The highest BCUT2D eigenvalue weighted by molar-refractivity contribution is 7.87. The van der Waals surface area contributed by atoms with E-state index in [4.69, 9.17) is 9.81 Å². The van der Waals surface area contributed by atoms with Crippen LogP contribution in [0, 0.1) is 5.92 Å². The van der Waals surface area contributed by atoms with Gasteiger partial charge >= 0.3 is 16.4 Å². The van der Waals surface area contributed by atoms with E-state index in [-0.39, 0.29) is 11.6 Å². The summed E-state index contributed by atoms with van der Waals surface area (Å²) in [5.74, 6) is -0.767. The molecule has 0 aliphatic heterocycles. The number of anilines is 1. The summed E-state index contributed by atoms with van der Waals surface area (Å²) < 4.78 is 32.8. The van der Waals surface area contributed by atoms with Crippen LogP contribution in [0.4, 0.5) is 10.5 Å². The molecule has 0 spiro atoms. The number of aromatic nitrogens is 1. The number of amides is 2. The van der Waals surface area contributed by atoms with Gasteiger partial charge in [0, 0.05) is 5.38 Å². The summed E-state index contributed by atoms with van der Waals surface area (Å²) in [7, 11) is -4.38. The van der Waals surface area contributed by atoms with Crippen molar-refractivity contribution in [3.63, 3.8) is 0 Å². The fourth-order valence-corrected chi connectivity index (χ4v) is 4.28. The summed E-state index contributed by atoms with van der Waals surface area (Å²) >= 11 is 1.39. The van der Waals surface area contributed by atoms with Crippen molar-refractivity contribution in [3.8, 4) is 0 Å². The predicted molar refractivity (Wildman–Crippen MR) is 119 cm³/mol. The molecular formula is C19H26N4O7S2. The minimum atomic E-state index is -4.38. The van der Waals surface area contributed by atoms with Crippen LogP contribution >= 0.6 is 11.3 Å².